The van der Waals surface area contributed by atoms with Crippen molar-refractivity contribution in [3.63, 3.8) is 0 Å². The number of ether oxygens (including phenoxy) is 1. The summed E-state index contributed by atoms with van der Waals surface area (Å²) in [6.07, 6.45) is -0.502. The third-order valence-corrected chi connectivity index (χ3v) is 3.05. The molecule has 1 unspecified atom stereocenters. The first-order valence-electron chi connectivity index (χ1n) is 6.63. The second-order valence-electron chi connectivity index (χ2n) is 5.18. The van der Waals surface area contributed by atoms with E-state index in [9.17, 15) is 9.50 Å². The van der Waals surface area contributed by atoms with Crippen LogP contribution in [0.5, 0.6) is 0 Å². The molecule has 0 saturated carbocycles. The maximum atomic E-state index is 13.6. The molecule has 0 radical (unpaired) electrons. The van der Waals surface area contributed by atoms with E-state index < -0.39 is 6.10 Å². The third-order valence-electron chi connectivity index (χ3n) is 3.05. The van der Waals surface area contributed by atoms with E-state index in [2.05, 4.69) is 0 Å². The van der Waals surface area contributed by atoms with Crippen LogP contribution >= 0.6 is 0 Å². The Balaban J connectivity index is 2.88. The minimum Gasteiger partial charge on any atom is -0.389 e. The van der Waals surface area contributed by atoms with Crippen molar-refractivity contribution in [1.29, 1.82) is 0 Å². The predicted molar refractivity (Wildman–Crippen MR) is 76.1 cm³/mol. The zero-order valence-corrected chi connectivity index (χ0v) is 12.4. The minimum absolute atomic E-state index is 0.194. The number of nitrogens with zero attached hydrogens (tertiary/aromatic N) is 1. The van der Waals surface area contributed by atoms with Gasteiger partial charge in [-0.1, -0.05) is 0 Å². The van der Waals surface area contributed by atoms with E-state index in [1.807, 2.05) is 25.8 Å². The summed E-state index contributed by atoms with van der Waals surface area (Å²) in [5, 5.41) is 9.76. The molecule has 1 atom stereocenters. The van der Waals surface area contributed by atoms with Gasteiger partial charge in [0.15, 0.2) is 0 Å². The molecule has 0 fully saturated rings. The summed E-state index contributed by atoms with van der Waals surface area (Å²) in [4.78, 5) is 1.98. The number of likely N-dealkylation sites (N-methyl/N-ethyl adjacent to an activating group) is 1. The van der Waals surface area contributed by atoms with Crippen LogP contribution in [-0.4, -0.2) is 31.4 Å². The molecule has 0 spiro atoms. The van der Waals surface area contributed by atoms with Gasteiger partial charge in [-0.05, 0) is 45.4 Å². The zero-order valence-electron chi connectivity index (χ0n) is 12.4. The highest BCUT2D eigenvalue weighted by Gasteiger charge is 2.14. The van der Waals surface area contributed by atoms with E-state index in [1.54, 1.807) is 19.9 Å². The monoisotopic (exact) mass is 269 g/mol. The van der Waals surface area contributed by atoms with E-state index in [4.69, 9.17) is 4.74 Å². The highest BCUT2D eigenvalue weighted by molar-refractivity contribution is 5.56. The molecule has 0 amide bonds. The van der Waals surface area contributed by atoms with Gasteiger partial charge in [-0.25, -0.2) is 4.39 Å². The lowest BCUT2D eigenvalue weighted by Gasteiger charge is -2.25. The molecule has 0 aliphatic heterocycles. The zero-order chi connectivity index (χ0) is 14.6. The Morgan fingerprint density at radius 1 is 1.32 bits per heavy atom. The van der Waals surface area contributed by atoms with Gasteiger partial charge in [0.1, 0.15) is 5.82 Å². The Labute approximate surface area is 115 Å². The fraction of sp³-hybridized carbons (Fsp3) is 0.600. The van der Waals surface area contributed by atoms with E-state index in [-0.39, 0.29) is 11.9 Å². The summed E-state index contributed by atoms with van der Waals surface area (Å²) in [6, 6.07) is 3.18. The fourth-order valence-corrected chi connectivity index (χ4v) is 1.89. The molecule has 0 bridgehead atoms. The Kier molecular flexibility index (Phi) is 5.76. The molecule has 3 nitrogen and oxygen atoms in total. The van der Waals surface area contributed by atoms with Crippen molar-refractivity contribution in [3.05, 3.63) is 29.1 Å². The maximum Gasteiger partial charge on any atom is 0.126 e. The van der Waals surface area contributed by atoms with Crippen LogP contribution in [0.15, 0.2) is 12.1 Å². The summed E-state index contributed by atoms with van der Waals surface area (Å²) in [7, 11) is 1.92. The van der Waals surface area contributed by atoms with Crippen LogP contribution in [0.25, 0.3) is 0 Å². The fourth-order valence-electron chi connectivity index (χ4n) is 1.89. The van der Waals surface area contributed by atoms with Crippen molar-refractivity contribution >= 4 is 5.69 Å². The standard InChI is InChI=1S/C15H24FNO2/c1-10(2)19-7-6-17(5)15-8-11(3)14(16)9-13(15)12(4)18/h8-10,12,18H,6-7H2,1-5H3. The molecule has 19 heavy (non-hydrogen) atoms. The lowest BCUT2D eigenvalue weighted by Crippen LogP contribution is -2.25. The maximum absolute atomic E-state index is 13.6. The Morgan fingerprint density at radius 2 is 1.95 bits per heavy atom. The summed E-state index contributed by atoms with van der Waals surface area (Å²) >= 11 is 0. The number of benzene rings is 1. The van der Waals surface area contributed by atoms with Crippen LogP contribution in [0, 0.1) is 12.7 Å². The number of aliphatic hydroxyl groups is 1. The number of halogens is 1. The van der Waals surface area contributed by atoms with Gasteiger partial charge in [0.05, 0.1) is 18.8 Å². The smallest absolute Gasteiger partial charge is 0.126 e. The SMILES string of the molecule is Cc1cc(N(C)CCOC(C)C)c(C(C)O)cc1F. The topological polar surface area (TPSA) is 32.7 Å². The molecule has 0 aliphatic carbocycles. The lowest BCUT2D eigenvalue weighted by atomic mass is 10.0. The van der Waals surface area contributed by atoms with Gasteiger partial charge in [-0.15, -0.1) is 0 Å². The summed E-state index contributed by atoms with van der Waals surface area (Å²) in [5.41, 5.74) is 2.03. The van der Waals surface area contributed by atoms with Crippen molar-refractivity contribution in [2.24, 2.45) is 0 Å². The first-order chi connectivity index (χ1) is 8.82. The molecule has 0 heterocycles. The second kappa shape index (κ2) is 6.87. The predicted octanol–water partition coefficient (Wildman–Crippen LogP) is 3.05. The molecule has 0 saturated heterocycles. The third kappa shape index (κ3) is 4.48. The molecule has 4 heteroatoms. The highest BCUT2D eigenvalue weighted by atomic mass is 19.1. The van der Waals surface area contributed by atoms with Crippen molar-refractivity contribution in [1.82, 2.24) is 0 Å². The van der Waals surface area contributed by atoms with Crippen LogP contribution in [0.3, 0.4) is 0 Å². The molecule has 1 N–H and O–H groups in total. The van der Waals surface area contributed by atoms with Gasteiger partial charge < -0.3 is 14.7 Å². The number of anilines is 1. The minimum atomic E-state index is -0.696. The van der Waals surface area contributed by atoms with Crippen LogP contribution < -0.4 is 4.90 Å². The van der Waals surface area contributed by atoms with E-state index in [0.29, 0.717) is 24.3 Å². The molecule has 0 aromatic heterocycles. The summed E-state index contributed by atoms with van der Waals surface area (Å²) in [6.45, 7) is 8.65. The van der Waals surface area contributed by atoms with Crippen molar-refractivity contribution in [2.75, 3.05) is 25.1 Å². The lowest BCUT2D eigenvalue weighted by molar-refractivity contribution is 0.0845. The van der Waals surface area contributed by atoms with E-state index in [0.717, 1.165) is 5.69 Å². The number of hydrogen-bond donors (Lipinski definition) is 1. The molecular weight excluding hydrogens is 245 g/mol. The normalized spacial score (nSPS) is 12.8. The molecule has 1 rings (SSSR count). The Hall–Kier alpha value is -1.13. The van der Waals surface area contributed by atoms with Crippen molar-refractivity contribution < 1.29 is 14.2 Å². The molecule has 1 aromatic carbocycles. The first kappa shape index (κ1) is 15.9. The number of hydrogen-bond acceptors (Lipinski definition) is 3. The van der Waals surface area contributed by atoms with Gasteiger partial charge in [-0.2, -0.15) is 0 Å². The largest absolute Gasteiger partial charge is 0.389 e. The van der Waals surface area contributed by atoms with Crippen molar-refractivity contribution in [3.8, 4) is 0 Å². The van der Waals surface area contributed by atoms with Gasteiger partial charge in [0, 0.05) is 24.8 Å². The average molecular weight is 269 g/mol. The van der Waals surface area contributed by atoms with Crippen molar-refractivity contribution in [2.45, 2.75) is 39.9 Å². The molecular formula is C15H24FNO2. The number of rotatable bonds is 6. The first-order valence-corrected chi connectivity index (χ1v) is 6.63. The quantitative estimate of drug-likeness (QED) is 0.861. The van der Waals surface area contributed by atoms with Gasteiger partial charge in [-0.3, -0.25) is 0 Å². The van der Waals surface area contributed by atoms with E-state index >= 15 is 0 Å². The Morgan fingerprint density at radius 3 is 2.47 bits per heavy atom. The van der Waals surface area contributed by atoms with Crippen LogP contribution in [-0.2, 0) is 4.74 Å². The number of aliphatic hydroxyl groups excluding tert-OH is 1. The van der Waals surface area contributed by atoms with Crippen LogP contribution in [0.1, 0.15) is 38.0 Å². The summed E-state index contributed by atoms with van der Waals surface area (Å²) in [5.74, 6) is -0.286. The highest BCUT2D eigenvalue weighted by Crippen LogP contribution is 2.28. The van der Waals surface area contributed by atoms with Gasteiger partial charge in [0.25, 0.3) is 0 Å². The van der Waals surface area contributed by atoms with Crippen LogP contribution in [0.2, 0.25) is 0 Å². The Bertz CT molecular complexity index is 419. The van der Waals surface area contributed by atoms with Crippen LogP contribution in [0.4, 0.5) is 10.1 Å². The summed E-state index contributed by atoms with van der Waals surface area (Å²) < 4.78 is 19.1. The van der Waals surface area contributed by atoms with E-state index in [1.165, 1.54) is 6.07 Å². The van der Waals surface area contributed by atoms with Gasteiger partial charge in [0.2, 0.25) is 0 Å². The second-order valence-corrected chi connectivity index (χ2v) is 5.18. The molecule has 1 aromatic rings. The molecule has 0 aliphatic rings. The molecule has 108 valence electrons. The van der Waals surface area contributed by atoms with Gasteiger partial charge >= 0.3 is 0 Å². The number of aryl methyl sites for hydroxylation is 1. The average Bonchev–Trinajstić information content (AvgIpc) is 2.31.